The predicted molar refractivity (Wildman–Crippen MR) is 58.2 cm³/mol. The standard InChI is InChI=1S/C9H20N2S/c1-3-5-6-7-9(11-10)8-12-4-2/h3,9,11H,1,4-8,10H2,2H3. The van der Waals surface area contributed by atoms with Gasteiger partial charge in [-0.15, -0.1) is 6.58 Å². The molecule has 0 aliphatic heterocycles. The Morgan fingerprint density at radius 3 is 2.92 bits per heavy atom. The summed E-state index contributed by atoms with van der Waals surface area (Å²) in [5.41, 5.74) is 2.84. The molecular formula is C9H20N2S. The van der Waals surface area contributed by atoms with Gasteiger partial charge in [0.2, 0.25) is 0 Å². The van der Waals surface area contributed by atoms with E-state index in [1.807, 2.05) is 17.8 Å². The minimum atomic E-state index is 0.467. The van der Waals surface area contributed by atoms with Crippen molar-refractivity contribution >= 4 is 11.8 Å². The van der Waals surface area contributed by atoms with Crippen LogP contribution in [0.1, 0.15) is 26.2 Å². The first kappa shape index (κ1) is 12.0. The Labute approximate surface area is 80.0 Å². The van der Waals surface area contributed by atoms with Crippen molar-refractivity contribution in [2.45, 2.75) is 32.2 Å². The van der Waals surface area contributed by atoms with E-state index in [0.717, 1.165) is 18.6 Å². The number of hydrazine groups is 1. The Bertz CT molecular complexity index is 107. The average molecular weight is 188 g/mol. The SMILES string of the molecule is C=CCCCC(CSCC)NN. The Kier molecular flexibility index (Phi) is 9.11. The highest BCUT2D eigenvalue weighted by Crippen LogP contribution is 2.07. The van der Waals surface area contributed by atoms with Crippen molar-refractivity contribution in [3.63, 3.8) is 0 Å². The zero-order valence-corrected chi connectivity index (χ0v) is 8.70. The first-order valence-electron chi connectivity index (χ1n) is 4.49. The summed E-state index contributed by atoms with van der Waals surface area (Å²) in [5.74, 6) is 7.69. The van der Waals surface area contributed by atoms with Crippen molar-refractivity contribution < 1.29 is 0 Å². The van der Waals surface area contributed by atoms with Crippen LogP contribution in [0.2, 0.25) is 0 Å². The van der Waals surface area contributed by atoms with E-state index >= 15 is 0 Å². The molecule has 0 saturated carbocycles. The second-order valence-corrected chi connectivity index (χ2v) is 4.06. The number of rotatable bonds is 8. The highest BCUT2D eigenvalue weighted by atomic mass is 32.2. The van der Waals surface area contributed by atoms with Crippen LogP contribution in [0.4, 0.5) is 0 Å². The van der Waals surface area contributed by atoms with Gasteiger partial charge >= 0.3 is 0 Å². The van der Waals surface area contributed by atoms with Gasteiger partial charge in [0.05, 0.1) is 0 Å². The number of nitrogens with one attached hydrogen (secondary N) is 1. The molecule has 1 atom stereocenters. The van der Waals surface area contributed by atoms with Gasteiger partial charge in [0.15, 0.2) is 0 Å². The fourth-order valence-corrected chi connectivity index (χ4v) is 1.77. The summed E-state index contributed by atoms with van der Waals surface area (Å²) < 4.78 is 0. The molecule has 0 radical (unpaired) electrons. The lowest BCUT2D eigenvalue weighted by Gasteiger charge is -2.13. The molecule has 0 heterocycles. The van der Waals surface area contributed by atoms with Crippen LogP contribution in [0.5, 0.6) is 0 Å². The molecule has 0 amide bonds. The second-order valence-electron chi connectivity index (χ2n) is 2.74. The minimum absolute atomic E-state index is 0.467. The topological polar surface area (TPSA) is 38.0 Å². The van der Waals surface area contributed by atoms with Crippen LogP contribution in [-0.4, -0.2) is 17.5 Å². The van der Waals surface area contributed by atoms with Gasteiger partial charge in [-0.3, -0.25) is 11.3 Å². The maximum absolute atomic E-state index is 5.41. The predicted octanol–water partition coefficient (Wildman–Crippen LogP) is 1.93. The number of hydrogen-bond donors (Lipinski definition) is 2. The third-order valence-electron chi connectivity index (χ3n) is 1.72. The molecule has 3 N–H and O–H groups in total. The lowest BCUT2D eigenvalue weighted by Crippen LogP contribution is -2.36. The van der Waals surface area contributed by atoms with Crippen molar-refractivity contribution in [1.29, 1.82) is 0 Å². The molecular weight excluding hydrogens is 168 g/mol. The minimum Gasteiger partial charge on any atom is -0.271 e. The van der Waals surface area contributed by atoms with Crippen LogP contribution in [-0.2, 0) is 0 Å². The number of nitrogens with two attached hydrogens (primary N) is 1. The Morgan fingerprint density at radius 2 is 2.42 bits per heavy atom. The van der Waals surface area contributed by atoms with Crippen LogP contribution < -0.4 is 11.3 Å². The van der Waals surface area contributed by atoms with E-state index in [0.29, 0.717) is 6.04 Å². The summed E-state index contributed by atoms with van der Waals surface area (Å²) in [6.07, 6.45) is 5.38. The zero-order valence-electron chi connectivity index (χ0n) is 7.88. The van der Waals surface area contributed by atoms with Gasteiger partial charge in [-0.25, -0.2) is 0 Å². The van der Waals surface area contributed by atoms with Gasteiger partial charge < -0.3 is 0 Å². The summed E-state index contributed by atoms with van der Waals surface area (Å²) in [6, 6.07) is 0.467. The van der Waals surface area contributed by atoms with E-state index in [2.05, 4.69) is 18.9 Å². The lowest BCUT2D eigenvalue weighted by molar-refractivity contribution is 0.522. The second kappa shape index (κ2) is 9.10. The van der Waals surface area contributed by atoms with E-state index in [4.69, 9.17) is 5.84 Å². The molecule has 0 aromatic carbocycles. The van der Waals surface area contributed by atoms with E-state index < -0.39 is 0 Å². The number of hydrogen-bond acceptors (Lipinski definition) is 3. The van der Waals surface area contributed by atoms with Gasteiger partial charge in [-0.05, 0) is 25.0 Å². The molecule has 0 aliphatic carbocycles. The van der Waals surface area contributed by atoms with Crippen molar-refractivity contribution in [1.82, 2.24) is 5.43 Å². The van der Waals surface area contributed by atoms with Crippen LogP contribution in [0.25, 0.3) is 0 Å². The number of thioether (sulfide) groups is 1. The average Bonchev–Trinajstić information content (AvgIpc) is 2.11. The van der Waals surface area contributed by atoms with E-state index in [-0.39, 0.29) is 0 Å². The van der Waals surface area contributed by atoms with Gasteiger partial charge in [0, 0.05) is 11.8 Å². The molecule has 0 aliphatic rings. The third kappa shape index (κ3) is 6.70. The molecule has 72 valence electrons. The van der Waals surface area contributed by atoms with Crippen LogP contribution >= 0.6 is 11.8 Å². The van der Waals surface area contributed by atoms with Crippen molar-refractivity contribution in [2.24, 2.45) is 5.84 Å². The Morgan fingerprint density at radius 1 is 1.67 bits per heavy atom. The van der Waals surface area contributed by atoms with Gasteiger partial charge in [0.1, 0.15) is 0 Å². The van der Waals surface area contributed by atoms with Crippen molar-refractivity contribution in [3.8, 4) is 0 Å². The summed E-state index contributed by atoms with van der Waals surface area (Å²) in [7, 11) is 0. The van der Waals surface area contributed by atoms with Gasteiger partial charge in [-0.1, -0.05) is 13.0 Å². The number of unbranched alkanes of at least 4 members (excludes halogenated alkanes) is 1. The molecule has 0 saturated heterocycles. The molecule has 3 heteroatoms. The summed E-state index contributed by atoms with van der Waals surface area (Å²) in [5, 5.41) is 0. The molecule has 0 aromatic heterocycles. The first-order valence-corrected chi connectivity index (χ1v) is 5.65. The largest absolute Gasteiger partial charge is 0.271 e. The van der Waals surface area contributed by atoms with Crippen molar-refractivity contribution in [3.05, 3.63) is 12.7 Å². The van der Waals surface area contributed by atoms with E-state index in [1.54, 1.807) is 0 Å². The monoisotopic (exact) mass is 188 g/mol. The zero-order chi connectivity index (χ0) is 9.23. The molecule has 0 rings (SSSR count). The Hall–Kier alpha value is 0.01000. The summed E-state index contributed by atoms with van der Waals surface area (Å²) in [6.45, 7) is 5.86. The quantitative estimate of drug-likeness (QED) is 0.264. The first-order chi connectivity index (χ1) is 5.85. The van der Waals surface area contributed by atoms with Gasteiger partial charge in [0.25, 0.3) is 0 Å². The van der Waals surface area contributed by atoms with Crippen LogP contribution in [0.3, 0.4) is 0 Å². The maximum atomic E-state index is 5.41. The van der Waals surface area contributed by atoms with E-state index in [9.17, 15) is 0 Å². The summed E-state index contributed by atoms with van der Waals surface area (Å²) >= 11 is 1.93. The van der Waals surface area contributed by atoms with Crippen LogP contribution in [0, 0.1) is 0 Å². The fraction of sp³-hybridized carbons (Fsp3) is 0.778. The lowest BCUT2D eigenvalue weighted by atomic mass is 10.1. The molecule has 1 unspecified atom stereocenters. The maximum Gasteiger partial charge on any atom is 0.0301 e. The van der Waals surface area contributed by atoms with Crippen LogP contribution in [0.15, 0.2) is 12.7 Å². The third-order valence-corrected chi connectivity index (χ3v) is 2.77. The van der Waals surface area contributed by atoms with Gasteiger partial charge in [-0.2, -0.15) is 11.8 Å². The summed E-state index contributed by atoms with van der Waals surface area (Å²) in [4.78, 5) is 0. The molecule has 0 fully saturated rings. The molecule has 0 aromatic rings. The van der Waals surface area contributed by atoms with E-state index in [1.165, 1.54) is 12.2 Å². The smallest absolute Gasteiger partial charge is 0.0301 e. The van der Waals surface area contributed by atoms with Crippen molar-refractivity contribution in [2.75, 3.05) is 11.5 Å². The normalized spacial score (nSPS) is 12.8. The molecule has 0 spiro atoms. The Balaban J connectivity index is 3.32. The molecule has 12 heavy (non-hydrogen) atoms. The fourth-order valence-electron chi connectivity index (χ4n) is 0.983. The molecule has 0 bridgehead atoms. The molecule has 2 nitrogen and oxygen atoms in total. The number of allylic oxidation sites excluding steroid dienone is 1. The highest BCUT2D eigenvalue weighted by molar-refractivity contribution is 7.99. The highest BCUT2D eigenvalue weighted by Gasteiger charge is 2.04.